The summed E-state index contributed by atoms with van der Waals surface area (Å²) < 4.78 is 5.71. The van der Waals surface area contributed by atoms with Gasteiger partial charge in [-0.25, -0.2) is 0 Å². The molecule has 0 N–H and O–H groups in total. The molecule has 0 aromatic heterocycles. The summed E-state index contributed by atoms with van der Waals surface area (Å²) in [5.74, 6) is 0. The number of nitro benzene ring substituents is 1. The van der Waals surface area contributed by atoms with E-state index in [-0.39, 0.29) is 10.6 Å². The number of ether oxygens (including phenoxy) is 1. The average molecular weight is 319 g/mol. The van der Waals surface area contributed by atoms with Crippen LogP contribution in [0, 0.1) is 10.1 Å². The molecule has 2 heterocycles. The molecule has 23 heavy (non-hydrogen) atoms. The van der Waals surface area contributed by atoms with E-state index in [1.807, 2.05) is 12.1 Å². The van der Waals surface area contributed by atoms with Gasteiger partial charge in [0.25, 0.3) is 5.69 Å². The number of nitro groups is 1. The first-order chi connectivity index (χ1) is 11.2. The van der Waals surface area contributed by atoms with Crippen molar-refractivity contribution in [1.82, 2.24) is 9.80 Å². The summed E-state index contributed by atoms with van der Waals surface area (Å²) in [6.45, 7) is 7.45. The average Bonchev–Trinajstić information content (AvgIpc) is 3.07. The van der Waals surface area contributed by atoms with Gasteiger partial charge >= 0.3 is 0 Å². The van der Waals surface area contributed by atoms with Crippen molar-refractivity contribution < 1.29 is 9.66 Å². The van der Waals surface area contributed by atoms with Crippen LogP contribution in [0.15, 0.2) is 24.3 Å². The number of hydrogen-bond acceptors (Lipinski definition) is 5. The van der Waals surface area contributed by atoms with Crippen LogP contribution >= 0.6 is 0 Å². The maximum absolute atomic E-state index is 10.7. The quantitative estimate of drug-likeness (QED) is 0.592. The van der Waals surface area contributed by atoms with Gasteiger partial charge in [-0.15, -0.1) is 0 Å². The third-order valence-corrected chi connectivity index (χ3v) is 4.81. The Hall–Kier alpha value is -1.50. The van der Waals surface area contributed by atoms with Crippen molar-refractivity contribution in [2.45, 2.75) is 25.4 Å². The number of piperazine rings is 1. The van der Waals surface area contributed by atoms with Crippen molar-refractivity contribution in [2.24, 2.45) is 0 Å². The molecule has 0 aliphatic carbocycles. The van der Waals surface area contributed by atoms with E-state index >= 15 is 0 Å². The Morgan fingerprint density at radius 1 is 1.13 bits per heavy atom. The molecule has 1 aromatic carbocycles. The number of benzene rings is 1. The summed E-state index contributed by atoms with van der Waals surface area (Å²) in [4.78, 5) is 15.3. The minimum atomic E-state index is -0.350. The van der Waals surface area contributed by atoms with Crippen molar-refractivity contribution in [1.29, 1.82) is 0 Å². The highest BCUT2D eigenvalue weighted by atomic mass is 16.6. The van der Waals surface area contributed by atoms with Gasteiger partial charge < -0.3 is 9.64 Å². The predicted octanol–water partition coefficient (Wildman–Crippen LogP) is 1.93. The summed E-state index contributed by atoms with van der Waals surface area (Å²) >= 11 is 0. The molecule has 6 nitrogen and oxygen atoms in total. The van der Waals surface area contributed by atoms with Crippen LogP contribution in [0.4, 0.5) is 5.69 Å². The van der Waals surface area contributed by atoms with Crippen molar-refractivity contribution in [3.05, 3.63) is 39.9 Å². The fraction of sp³-hybridized carbons (Fsp3) is 0.647. The van der Waals surface area contributed by atoms with E-state index in [1.165, 1.54) is 12.8 Å². The highest BCUT2D eigenvalue weighted by molar-refractivity contribution is 5.32. The lowest BCUT2D eigenvalue weighted by atomic mass is 10.1. The van der Waals surface area contributed by atoms with Crippen LogP contribution in [0.1, 0.15) is 18.4 Å². The Morgan fingerprint density at radius 3 is 2.43 bits per heavy atom. The van der Waals surface area contributed by atoms with E-state index < -0.39 is 0 Å². The van der Waals surface area contributed by atoms with Crippen LogP contribution in [0.2, 0.25) is 0 Å². The zero-order valence-corrected chi connectivity index (χ0v) is 13.5. The van der Waals surface area contributed by atoms with Gasteiger partial charge in [0.15, 0.2) is 0 Å². The Morgan fingerprint density at radius 2 is 1.83 bits per heavy atom. The zero-order valence-electron chi connectivity index (χ0n) is 13.5. The maximum atomic E-state index is 10.7. The second-order valence-electron chi connectivity index (χ2n) is 6.45. The molecule has 126 valence electrons. The van der Waals surface area contributed by atoms with Crippen molar-refractivity contribution in [3.8, 4) is 0 Å². The SMILES string of the molecule is O=[N+]([O-])c1ccc(CCN2CCN(CC3CCCO3)CC2)cc1. The molecule has 0 spiro atoms. The van der Waals surface area contributed by atoms with Gasteiger partial charge in [0, 0.05) is 58.0 Å². The van der Waals surface area contributed by atoms with Gasteiger partial charge in [0.1, 0.15) is 0 Å². The standard InChI is InChI=1S/C17H25N3O3/c21-20(22)16-5-3-15(4-6-16)7-8-18-9-11-19(12-10-18)14-17-2-1-13-23-17/h3-6,17H,1-2,7-14H2. The normalized spacial score (nSPS) is 23.2. The lowest BCUT2D eigenvalue weighted by Crippen LogP contribution is -2.48. The topological polar surface area (TPSA) is 58.9 Å². The van der Waals surface area contributed by atoms with E-state index in [2.05, 4.69) is 9.80 Å². The Kier molecular flexibility index (Phi) is 5.59. The second kappa shape index (κ2) is 7.86. The molecule has 2 saturated heterocycles. The van der Waals surface area contributed by atoms with Crippen LogP contribution in [-0.2, 0) is 11.2 Å². The summed E-state index contributed by atoms with van der Waals surface area (Å²) in [5, 5.41) is 10.7. The Bertz CT molecular complexity index is 506. The minimum Gasteiger partial charge on any atom is -0.377 e. The Labute approximate surface area is 137 Å². The fourth-order valence-electron chi connectivity index (χ4n) is 3.34. The summed E-state index contributed by atoms with van der Waals surface area (Å²) in [5.41, 5.74) is 1.33. The molecular formula is C17H25N3O3. The highest BCUT2D eigenvalue weighted by Crippen LogP contribution is 2.15. The zero-order chi connectivity index (χ0) is 16.1. The van der Waals surface area contributed by atoms with E-state index in [4.69, 9.17) is 4.74 Å². The van der Waals surface area contributed by atoms with Gasteiger partial charge in [0.05, 0.1) is 11.0 Å². The monoisotopic (exact) mass is 319 g/mol. The minimum absolute atomic E-state index is 0.163. The van der Waals surface area contributed by atoms with Crippen molar-refractivity contribution in [3.63, 3.8) is 0 Å². The molecule has 2 fully saturated rings. The molecule has 0 saturated carbocycles. The highest BCUT2D eigenvalue weighted by Gasteiger charge is 2.22. The predicted molar refractivity (Wildman–Crippen MR) is 88.7 cm³/mol. The summed E-state index contributed by atoms with van der Waals surface area (Å²) in [7, 11) is 0. The molecule has 0 bridgehead atoms. The smallest absolute Gasteiger partial charge is 0.269 e. The molecule has 6 heteroatoms. The van der Waals surface area contributed by atoms with E-state index in [1.54, 1.807) is 12.1 Å². The number of rotatable bonds is 6. The number of non-ortho nitro benzene ring substituents is 1. The third-order valence-electron chi connectivity index (χ3n) is 4.81. The molecule has 1 aromatic rings. The Balaban J connectivity index is 1.37. The van der Waals surface area contributed by atoms with Gasteiger partial charge in [-0.1, -0.05) is 12.1 Å². The summed E-state index contributed by atoms with van der Waals surface area (Å²) in [6, 6.07) is 6.92. The second-order valence-corrected chi connectivity index (χ2v) is 6.45. The number of nitrogens with zero attached hydrogens (tertiary/aromatic N) is 3. The van der Waals surface area contributed by atoms with Crippen LogP contribution in [0.3, 0.4) is 0 Å². The van der Waals surface area contributed by atoms with Gasteiger partial charge in [-0.3, -0.25) is 15.0 Å². The van der Waals surface area contributed by atoms with E-state index in [0.717, 1.165) is 57.9 Å². The lowest BCUT2D eigenvalue weighted by molar-refractivity contribution is -0.384. The first kappa shape index (κ1) is 16.4. The lowest BCUT2D eigenvalue weighted by Gasteiger charge is -2.35. The van der Waals surface area contributed by atoms with Gasteiger partial charge in [-0.05, 0) is 24.8 Å². The van der Waals surface area contributed by atoms with Crippen LogP contribution < -0.4 is 0 Å². The number of hydrogen-bond donors (Lipinski definition) is 0. The molecule has 1 unspecified atom stereocenters. The van der Waals surface area contributed by atoms with Crippen molar-refractivity contribution >= 4 is 5.69 Å². The largest absolute Gasteiger partial charge is 0.377 e. The molecule has 3 rings (SSSR count). The molecule has 0 amide bonds. The van der Waals surface area contributed by atoms with Crippen molar-refractivity contribution in [2.75, 3.05) is 45.9 Å². The first-order valence-electron chi connectivity index (χ1n) is 8.50. The van der Waals surface area contributed by atoms with Crippen LogP contribution in [-0.4, -0.2) is 66.7 Å². The molecule has 2 aliphatic heterocycles. The van der Waals surface area contributed by atoms with Gasteiger partial charge in [-0.2, -0.15) is 0 Å². The first-order valence-corrected chi connectivity index (χ1v) is 8.50. The molecular weight excluding hydrogens is 294 g/mol. The summed E-state index contributed by atoms with van der Waals surface area (Å²) in [6.07, 6.45) is 3.81. The third kappa shape index (κ3) is 4.73. The van der Waals surface area contributed by atoms with E-state index in [9.17, 15) is 10.1 Å². The maximum Gasteiger partial charge on any atom is 0.269 e. The van der Waals surface area contributed by atoms with Gasteiger partial charge in [0.2, 0.25) is 0 Å². The van der Waals surface area contributed by atoms with Crippen LogP contribution in [0.25, 0.3) is 0 Å². The molecule has 1 atom stereocenters. The van der Waals surface area contributed by atoms with Crippen LogP contribution in [0.5, 0.6) is 0 Å². The van der Waals surface area contributed by atoms with E-state index in [0.29, 0.717) is 6.10 Å². The molecule has 2 aliphatic rings. The fourth-order valence-corrected chi connectivity index (χ4v) is 3.34. The molecule has 0 radical (unpaired) electrons.